The van der Waals surface area contributed by atoms with Gasteiger partial charge in [0.2, 0.25) is 0 Å². The summed E-state index contributed by atoms with van der Waals surface area (Å²) in [5.41, 5.74) is 4.71. The number of carboxylic acids is 1. The van der Waals surface area contributed by atoms with E-state index in [2.05, 4.69) is 5.32 Å². The van der Waals surface area contributed by atoms with Crippen LogP contribution in [0.4, 0.5) is 4.39 Å². The maximum absolute atomic E-state index is 13.7. The number of benzene rings is 3. The number of aryl methyl sites for hydroxylation is 1. The molecule has 3 aromatic carbocycles. The van der Waals surface area contributed by atoms with E-state index >= 15 is 0 Å². The van der Waals surface area contributed by atoms with Gasteiger partial charge in [-0.05, 0) is 66.9 Å². The van der Waals surface area contributed by atoms with Crippen LogP contribution in [0.3, 0.4) is 0 Å². The van der Waals surface area contributed by atoms with Gasteiger partial charge < -0.3 is 15.0 Å². The quantitative estimate of drug-likeness (QED) is 0.332. The molecule has 0 fully saturated rings. The number of aromatic carboxylic acids is 1. The number of hydrogen-bond donors (Lipinski definition) is 2. The number of hydrogen-bond acceptors (Lipinski definition) is 2. The van der Waals surface area contributed by atoms with Crippen LogP contribution in [0.15, 0.2) is 66.7 Å². The van der Waals surface area contributed by atoms with Gasteiger partial charge in [-0.25, -0.2) is 9.18 Å². The lowest BCUT2D eigenvalue weighted by atomic mass is 10.1. The summed E-state index contributed by atoms with van der Waals surface area (Å²) in [5.74, 6) is -1.33. The molecule has 0 radical (unpaired) electrons. The average Bonchev–Trinajstić information content (AvgIpc) is 3.05. The molecular formula is C26H24ClFN2O2. The van der Waals surface area contributed by atoms with Crippen molar-refractivity contribution in [3.8, 4) is 0 Å². The molecule has 1 aromatic heterocycles. The SMILES string of the molecule is Cc1ccc2c(CNCCc3ccc(Cl)cc3)c(C(=O)O)n(Cc3cccc(F)c3)c2c1. The number of fused-ring (bicyclic) bond motifs is 1. The lowest BCUT2D eigenvalue weighted by Gasteiger charge is -2.10. The molecule has 4 aromatic rings. The normalized spacial score (nSPS) is 11.2. The molecule has 6 heteroatoms. The van der Waals surface area contributed by atoms with Gasteiger partial charge >= 0.3 is 5.97 Å². The highest BCUT2D eigenvalue weighted by Gasteiger charge is 2.22. The van der Waals surface area contributed by atoms with Gasteiger partial charge in [-0.3, -0.25) is 0 Å². The first kappa shape index (κ1) is 22.1. The lowest BCUT2D eigenvalue weighted by molar-refractivity contribution is 0.0684. The third-order valence-corrected chi connectivity index (χ3v) is 5.81. The van der Waals surface area contributed by atoms with Crippen LogP contribution in [-0.4, -0.2) is 22.2 Å². The first-order valence-electron chi connectivity index (χ1n) is 10.5. The summed E-state index contributed by atoms with van der Waals surface area (Å²) in [5, 5.41) is 15.1. The molecule has 4 nitrogen and oxygen atoms in total. The van der Waals surface area contributed by atoms with Gasteiger partial charge in [-0.15, -0.1) is 0 Å². The third kappa shape index (κ3) is 4.85. The van der Waals surface area contributed by atoms with Crippen molar-refractivity contribution in [1.82, 2.24) is 9.88 Å². The Balaban J connectivity index is 1.64. The molecule has 0 aliphatic carbocycles. The average molecular weight is 451 g/mol. The van der Waals surface area contributed by atoms with Crippen LogP contribution in [0.2, 0.25) is 5.02 Å². The molecule has 1 heterocycles. The Morgan fingerprint density at radius 1 is 1.06 bits per heavy atom. The number of nitrogens with zero attached hydrogens (tertiary/aromatic N) is 1. The van der Waals surface area contributed by atoms with Crippen molar-refractivity contribution < 1.29 is 14.3 Å². The van der Waals surface area contributed by atoms with Gasteiger partial charge in [0.25, 0.3) is 0 Å². The Morgan fingerprint density at radius 2 is 1.84 bits per heavy atom. The maximum atomic E-state index is 13.7. The van der Waals surface area contributed by atoms with E-state index in [1.807, 2.05) is 49.4 Å². The van der Waals surface area contributed by atoms with E-state index in [1.165, 1.54) is 12.1 Å². The Hall–Kier alpha value is -3.15. The van der Waals surface area contributed by atoms with E-state index in [0.717, 1.165) is 34.0 Å². The first-order valence-corrected chi connectivity index (χ1v) is 10.8. The highest BCUT2D eigenvalue weighted by atomic mass is 35.5. The summed E-state index contributed by atoms with van der Waals surface area (Å²) in [4.78, 5) is 12.3. The first-order chi connectivity index (χ1) is 15.4. The topological polar surface area (TPSA) is 54.3 Å². The van der Waals surface area contributed by atoms with Crippen molar-refractivity contribution in [2.75, 3.05) is 6.54 Å². The highest BCUT2D eigenvalue weighted by molar-refractivity contribution is 6.30. The fourth-order valence-corrected chi connectivity index (χ4v) is 4.16. The van der Waals surface area contributed by atoms with Crippen LogP contribution in [0.5, 0.6) is 0 Å². The largest absolute Gasteiger partial charge is 0.477 e. The van der Waals surface area contributed by atoms with Crippen molar-refractivity contribution >= 4 is 28.5 Å². The molecule has 4 rings (SSSR count). The predicted octanol–water partition coefficient (Wildman–Crippen LogP) is 5.82. The smallest absolute Gasteiger partial charge is 0.352 e. The Kier molecular flexibility index (Phi) is 6.58. The Labute approximate surface area is 191 Å². The number of aromatic nitrogens is 1. The molecule has 0 saturated heterocycles. The Bertz CT molecular complexity index is 1270. The van der Waals surface area contributed by atoms with Crippen molar-refractivity contribution in [2.45, 2.75) is 26.4 Å². The van der Waals surface area contributed by atoms with Gasteiger partial charge in [-0.2, -0.15) is 0 Å². The van der Waals surface area contributed by atoms with Crippen LogP contribution in [-0.2, 0) is 19.5 Å². The minimum Gasteiger partial charge on any atom is -0.477 e. The fraction of sp³-hybridized carbons (Fsp3) is 0.192. The Morgan fingerprint density at radius 3 is 2.56 bits per heavy atom. The van der Waals surface area contributed by atoms with E-state index in [-0.39, 0.29) is 18.1 Å². The number of halogens is 2. The number of carboxylic acid groups (broad SMARTS) is 1. The number of nitrogens with one attached hydrogen (secondary N) is 1. The van der Waals surface area contributed by atoms with Crippen LogP contribution in [0, 0.1) is 12.7 Å². The number of carbonyl (C=O) groups is 1. The molecule has 0 atom stereocenters. The standard InChI is InChI=1S/C26H24ClFN2O2/c1-17-5-10-22-23(15-29-12-11-18-6-8-20(27)9-7-18)25(26(31)32)30(24(22)13-17)16-19-3-2-4-21(28)14-19/h2-10,13-14,29H,11-12,15-16H2,1H3,(H,31,32). The van der Waals surface area contributed by atoms with E-state index in [4.69, 9.17) is 11.6 Å². The van der Waals surface area contributed by atoms with Crippen molar-refractivity contribution in [3.63, 3.8) is 0 Å². The molecule has 0 aliphatic rings. The monoisotopic (exact) mass is 450 g/mol. The summed E-state index contributed by atoms with van der Waals surface area (Å²) in [6.45, 7) is 3.38. The van der Waals surface area contributed by atoms with Gasteiger partial charge in [0, 0.05) is 34.6 Å². The van der Waals surface area contributed by atoms with Crippen molar-refractivity contribution in [2.24, 2.45) is 0 Å². The molecule has 0 unspecified atom stereocenters. The van der Waals surface area contributed by atoms with E-state index < -0.39 is 5.97 Å². The van der Waals surface area contributed by atoms with Crippen LogP contribution < -0.4 is 5.32 Å². The second-order valence-electron chi connectivity index (χ2n) is 7.92. The van der Waals surface area contributed by atoms with Crippen LogP contribution >= 0.6 is 11.6 Å². The van der Waals surface area contributed by atoms with Crippen molar-refractivity contribution in [1.29, 1.82) is 0 Å². The van der Waals surface area contributed by atoms with E-state index in [1.54, 1.807) is 16.7 Å². The molecule has 0 bridgehead atoms. The second-order valence-corrected chi connectivity index (χ2v) is 8.36. The minimum absolute atomic E-state index is 0.230. The zero-order chi connectivity index (χ0) is 22.7. The molecule has 2 N–H and O–H groups in total. The number of rotatable bonds is 8. The van der Waals surface area contributed by atoms with Gasteiger partial charge in [0.1, 0.15) is 11.5 Å². The van der Waals surface area contributed by atoms with Gasteiger partial charge in [0.05, 0.1) is 0 Å². The molecule has 0 amide bonds. The fourth-order valence-electron chi connectivity index (χ4n) is 4.03. The summed E-state index contributed by atoms with van der Waals surface area (Å²) in [6.07, 6.45) is 0.806. The molecule has 164 valence electrons. The summed E-state index contributed by atoms with van der Waals surface area (Å²) < 4.78 is 15.5. The molecule has 0 spiro atoms. The highest BCUT2D eigenvalue weighted by Crippen LogP contribution is 2.29. The molecule has 0 saturated carbocycles. The summed E-state index contributed by atoms with van der Waals surface area (Å²) in [7, 11) is 0. The van der Waals surface area contributed by atoms with E-state index in [0.29, 0.717) is 23.7 Å². The second kappa shape index (κ2) is 9.55. The summed E-state index contributed by atoms with van der Waals surface area (Å²) in [6, 6.07) is 19.9. The molecular weight excluding hydrogens is 427 g/mol. The van der Waals surface area contributed by atoms with E-state index in [9.17, 15) is 14.3 Å². The van der Waals surface area contributed by atoms with Gasteiger partial charge in [-0.1, -0.05) is 48.0 Å². The lowest BCUT2D eigenvalue weighted by Crippen LogP contribution is -2.19. The molecule has 0 aliphatic heterocycles. The third-order valence-electron chi connectivity index (χ3n) is 5.56. The zero-order valence-corrected chi connectivity index (χ0v) is 18.5. The van der Waals surface area contributed by atoms with Crippen LogP contribution in [0.1, 0.15) is 32.7 Å². The predicted molar refractivity (Wildman–Crippen MR) is 126 cm³/mol. The maximum Gasteiger partial charge on any atom is 0.352 e. The molecule has 32 heavy (non-hydrogen) atoms. The summed E-state index contributed by atoms with van der Waals surface area (Å²) >= 11 is 5.94. The van der Waals surface area contributed by atoms with Crippen LogP contribution in [0.25, 0.3) is 10.9 Å². The minimum atomic E-state index is -0.996. The van der Waals surface area contributed by atoms with Gasteiger partial charge in [0.15, 0.2) is 0 Å². The zero-order valence-electron chi connectivity index (χ0n) is 17.7. The van der Waals surface area contributed by atoms with Crippen molar-refractivity contribution in [3.05, 3.63) is 106 Å².